The number of alkyl carbamates (subject to hydrolysis) is 1. The first-order valence-corrected chi connectivity index (χ1v) is 21.4. The van der Waals surface area contributed by atoms with Crippen LogP contribution in [0.25, 0.3) is 0 Å². The first-order valence-electron chi connectivity index (χ1n) is 19.8. The van der Waals surface area contributed by atoms with E-state index in [4.69, 9.17) is 4.74 Å². The fraction of sp³-hybridized carbons (Fsp3) is 0.391. The van der Waals surface area contributed by atoms with Gasteiger partial charge in [-0.2, -0.15) is 12.6 Å². The molecule has 0 aliphatic carbocycles. The number of hydrogen-bond donors (Lipinski definition) is 6. The molecule has 58 heavy (non-hydrogen) atoms. The maximum atomic E-state index is 14.3. The molecule has 0 heterocycles. The first-order chi connectivity index (χ1) is 27.8. The van der Waals surface area contributed by atoms with Crippen LogP contribution in [0.5, 0.6) is 0 Å². The molecule has 10 nitrogen and oxygen atoms in total. The molecule has 5 N–H and O–H groups in total. The minimum Gasteiger partial charge on any atom is -0.480 e. The van der Waals surface area contributed by atoms with Crippen molar-refractivity contribution in [2.45, 2.75) is 88.4 Å². The average Bonchev–Trinajstić information content (AvgIpc) is 3.21. The molecule has 0 unspecified atom stereocenters. The number of carboxylic acid groups (broad SMARTS) is 1. The van der Waals surface area contributed by atoms with Gasteiger partial charge in [-0.15, -0.1) is 11.8 Å². The van der Waals surface area contributed by atoms with Crippen molar-refractivity contribution in [2.24, 2.45) is 5.92 Å². The number of thioether (sulfide) groups is 1. The van der Waals surface area contributed by atoms with E-state index in [1.54, 1.807) is 11.8 Å². The van der Waals surface area contributed by atoms with Gasteiger partial charge in [0.25, 0.3) is 0 Å². The number of thiol groups is 1. The van der Waals surface area contributed by atoms with Gasteiger partial charge in [0.1, 0.15) is 17.7 Å². The molecule has 4 aromatic rings. The number of ether oxygens (including phenoxy) is 1. The SMILES string of the molecule is CC[C@H](C)[C@H](NC[C@H](CSC(c1ccccc1)(c1ccccc1)c1ccccc1)NC(=O)OC(C)(C)C)C(=O)N[C@@H](Cc1ccccc1)C(=O)N[C@@H](CCS)C(=O)O. The zero-order valence-corrected chi connectivity index (χ0v) is 35.7. The van der Waals surface area contributed by atoms with Crippen LogP contribution in [0, 0.1) is 5.92 Å². The van der Waals surface area contributed by atoms with E-state index in [-0.39, 0.29) is 31.1 Å². The number of nitrogens with one attached hydrogen (secondary N) is 4. The summed E-state index contributed by atoms with van der Waals surface area (Å²) >= 11 is 5.84. The molecule has 4 aromatic carbocycles. The van der Waals surface area contributed by atoms with Crippen LogP contribution in [-0.4, -0.2) is 76.8 Å². The topological polar surface area (TPSA) is 146 Å². The summed E-state index contributed by atoms with van der Waals surface area (Å²) in [5.74, 6) is -1.70. The molecule has 0 saturated carbocycles. The Morgan fingerprint density at radius 3 is 1.66 bits per heavy atom. The Bertz CT molecular complexity index is 1780. The molecule has 0 radical (unpaired) electrons. The van der Waals surface area contributed by atoms with Crippen molar-refractivity contribution in [3.05, 3.63) is 144 Å². The average molecular weight is 827 g/mol. The second kappa shape index (κ2) is 22.4. The minimum absolute atomic E-state index is 0.122. The van der Waals surface area contributed by atoms with Crippen LogP contribution < -0.4 is 21.3 Å². The largest absolute Gasteiger partial charge is 0.480 e. The fourth-order valence-corrected chi connectivity index (χ4v) is 8.48. The summed E-state index contributed by atoms with van der Waals surface area (Å²) in [6, 6.07) is 36.6. The number of carbonyl (C=O) groups is 4. The second-order valence-corrected chi connectivity index (χ2v) is 17.0. The highest BCUT2D eigenvalue weighted by Crippen LogP contribution is 2.48. The van der Waals surface area contributed by atoms with Gasteiger partial charge in [0.2, 0.25) is 11.8 Å². The lowest BCUT2D eigenvalue weighted by molar-refractivity contribution is -0.142. The molecule has 0 aliphatic rings. The lowest BCUT2D eigenvalue weighted by Crippen LogP contribution is -2.58. The molecule has 0 aliphatic heterocycles. The van der Waals surface area contributed by atoms with E-state index in [0.717, 1.165) is 22.3 Å². The molecule has 310 valence electrons. The highest BCUT2D eigenvalue weighted by molar-refractivity contribution is 8.00. The van der Waals surface area contributed by atoms with Gasteiger partial charge in [-0.05, 0) is 61.1 Å². The molecule has 3 amide bonds. The number of hydrogen-bond acceptors (Lipinski definition) is 8. The van der Waals surface area contributed by atoms with Crippen molar-refractivity contribution in [3.8, 4) is 0 Å². The van der Waals surface area contributed by atoms with E-state index in [0.29, 0.717) is 12.2 Å². The fourth-order valence-electron chi connectivity index (χ4n) is 6.66. The molecular formula is C46H58N4O6S2. The van der Waals surface area contributed by atoms with Crippen LogP contribution in [-0.2, 0) is 30.3 Å². The highest BCUT2D eigenvalue weighted by atomic mass is 32.2. The van der Waals surface area contributed by atoms with E-state index in [1.165, 1.54) is 0 Å². The third kappa shape index (κ3) is 13.4. The predicted molar refractivity (Wildman–Crippen MR) is 236 cm³/mol. The Morgan fingerprint density at radius 2 is 1.21 bits per heavy atom. The summed E-state index contributed by atoms with van der Waals surface area (Å²) in [5.41, 5.74) is 3.27. The standard InChI is InChI=1S/C46H58N4O6S2/c1-6-32(2)40(42(52)50-39(29-33-19-11-7-12-20-33)41(51)49-38(27-28-57)43(53)54)47-30-37(48-44(55)56-45(3,4)5)31-58-46(34-21-13-8-14-22-34,35-23-15-9-16-24-35)36-25-17-10-18-26-36/h7-26,32,37-40,47,57H,6,27-31H2,1-5H3,(H,48,55)(H,49,51)(H,50,52)(H,53,54)/t32-,37+,38-,39-,40-/m0/s1. The van der Waals surface area contributed by atoms with Crippen molar-refractivity contribution in [1.82, 2.24) is 21.3 Å². The van der Waals surface area contributed by atoms with Crippen LogP contribution in [0.3, 0.4) is 0 Å². The third-order valence-electron chi connectivity index (χ3n) is 9.79. The Labute approximate surface area is 353 Å². The molecule has 4 rings (SSSR count). The maximum Gasteiger partial charge on any atom is 0.407 e. The summed E-state index contributed by atoms with van der Waals surface area (Å²) in [5, 5.41) is 21.8. The van der Waals surface area contributed by atoms with Crippen molar-refractivity contribution in [3.63, 3.8) is 0 Å². The van der Waals surface area contributed by atoms with Crippen LogP contribution >= 0.6 is 24.4 Å². The highest BCUT2D eigenvalue weighted by Gasteiger charge is 2.38. The zero-order valence-electron chi connectivity index (χ0n) is 34.0. The van der Waals surface area contributed by atoms with E-state index in [9.17, 15) is 24.3 Å². The molecule has 0 spiro atoms. The summed E-state index contributed by atoms with van der Waals surface area (Å²) in [4.78, 5) is 53.3. The van der Waals surface area contributed by atoms with Crippen molar-refractivity contribution in [1.29, 1.82) is 0 Å². The van der Waals surface area contributed by atoms with E-state index in [2.05, 4.69) is 70.3 Å². The maximum absolute atomic E-state index is 14.3. The number of carboxylic acids is 1. The lowest BCUT2D eigenvalue weighted by Gasteiger charge is -2.37. The third-order valence-corrected chi connectivity index (χ3v) is 11.8. The van der Waals surface area contributed by atoms with Gasteiger partial charge in [-0.25, -0.2) is 9.59 Å². The van der Waals surface area contributed by atoms with E-state index >= 15 is 0 Å². The molecule has 12 heteroatoms. The van der Waals surface area contributed by atoms with Gasteiger partial charge in [-0.1, -0.05) is 142 Å². The predicted octanol–water partition coefficient (Wildman–Crippen LogP) is 7.23. The summed E-state index contributed by atoms with van der Waals surface area (Å²) in [6.07, 6.45) is 0.334. The summed E-state index contributed by atoms with van der Waals surface area (Å²) in [7, 11) is 0. The summed E-state index contributed by atoms with van der Waals surface area (Å²) in [6.45, 7) is 9.55. The number of carbonyl (C=O) groups excluding carboxylic acids is 3. The number of benzene rings is 4. The van der Waals surface area contributed by atoms with Crippen LogP contribution in [0.2, 0.25) is 0 Å². The number of rotatable bonds is 21. The van der Waals surface area contributed by atoms with Gasteiger partial charge in [0.15, 0.2) is 0 Å². The van der Waals surface area contributed by atoms with E-state index < -0.39 is 58.4 Å². The molecular weight excluding hydrogens is 769 g/mol. The van der Waals surface area contributed by atoms with Crippen molar-refractivity contribution < 1.29 is 29.0 Å². The van der Waals surface area contributed by atoms with Crippen LogP contribution in [0.4, 0.5) is 4.79 Å². The van der Waals surface area contributed by atoms with Gasteiger partial charge in [-0.3, -0.25) is 9.59 Å². The normalized spacial score (nSPS) is 14.2. The zero-order chi connectivity index (χ0) is 42.1. The Hall–Kier alpha value is -4.78. The quantitative estimate of drug-likeness (QED) is 0.0382. The number of aliphatic carboxylic acids is 1. The molecule has 0 saturated heterocycles. The monoisotopic (exact) mass is 826 g/mol. The second-order valence-electron chi connectivity index (χ2n) is 15.4. The Balaban J connectivity index is 1.66. The van der Waals surface area contributed by atoms with Crippen molar-refractivity contribution >= 4 is 48.3 Å². The summed E-state index contributed by atoms with van der Waals surface area (Å²) < 4.78 is 5.06. The smallest absolute Gasteiger partial charge is 0.407 e. The minimum atomic E-state index is -1.18. The van der Waals surface area contributed by atoms with Gasteiger partial charge in [0, 0.05) is 18.7 Å². The van der Waals surface area contributed by atoms with Gasteiger partial charge >= 0.3 is 12.1 Å². The van der Waals surface area contributed by atoms with E-state index in [1.807, 2.05) is 120 Å². The molecule has 0 bridgehead atoms. The van der Waals surface area contributed by atoms with Crippen LogP contribution in [0.15, 0.2) is 121 Å². The number of amides is 3. The lowest BCUT2D eigenvalue weighted by atomic mass is 9.84. The van der Waals surface area contributed by atoms with Gasteiger partial charge in [0.05, 0.1) is 16.8 Å². The Kier molecular flexibility index (Phi) is 17.7. The molecule has 5 atom stereocenters. The van der Waals surface area contributed by atoms with Crippen LogP contribution in [0.1, 0.15) is 69.7 Å². The Morgan fingerprint density at radius 1 is 0.724 bits per heavy atom. The van der Waals surface area contributed by atoms with Gasteiger partial charge < -0.3 is 31.1 Å². The van der Waals surface area contributed by atoms with Crippen molar-refractivity contribution in [2.75, 3.05) is 18.1 Å². The first kappa shape index (κ1) is 45.9. The molecule has 0 aromatic heterocycles. The molecule has 0 fully saturated rings.